The molecule has 1 amide bonds. The number of quaternary nitrogens is 1. The fourth-order valence-electron chi connectivity index (χ4n) is 9.01. The van der Waals surface area contributed by atoms with Crippen LogP contribution in [0.15, 0.2) is 97.2 Å². The van der Waals surface area contributed by atoms with Crippen LogP contribution in [0.2, 0.25) is 0 Å². The lowest BCUT2D eigenvalue weighted by Crippen LogP contribution is -2.47. The van der Waals surface area contributed by atoms with Crippen molar-refractivity contribution in [3.05, 3.63) is 97.2 Å². The minimum Gasteiger partial charge on any atom is -0.456 e. The molecule has 0 aromatic heterocycles. The predicted octanol–water partition coefficient (Wildman–Crippen LogP) is 20.3. The number of phosphoric acid groups is 1. The molecule has 0 radical (unpaired) electrons. The Hall–Kier alpha value is -3.07. The highest BCUT2D eigenvalue weighted by Gasteiger charge is 2.30. The molecule has 79 heavy (non-hydrogen) atoms. The molecule has 0 saturated heterocycles. The molecule has 0 aliphatic rings. The first-order valence-corrected chi connectivity index (χ1v) is 34.1. The summed E-state index contributed by atoms with van der Waals surface area (Å²) in [4.78, 5) is 37.7. The molecule has 0 aliphatic carbocycles. The van der Waals surface area contributed by atoms with Crippen LogP contribution in [-0.4, -0.2) is 74.3 Å². The van der Waals surface area contributed by atoms with Crippen molar-refractivity contribution in [3.63, 3.8) is 0 Å². The van der Waals surface area contributed by atoms with E-state index in [1.54, 1.807) is 0 Å². The Morgan fingerprint density at radius 2 is 0.823 bits per heavy atom. The maximum Gasteiger partial charge on any atom is 0.472 e. The second kappa shape index (κ2) is 58.1. The molecule has 0 fully saturated rings. The van der Waals surface area contributed by atoms with E-state index in [0.29, 0.717) is 23.9 Å². The second-order valence-corrected chi connectivity index (χ2v) is 24.4. The van der Waals surface area contributed by atoms with Crippen LogP contribution in [0.5, 0.6) is 0 Å². The number of nitrogens with zero attached hydrogens (tertiary/aromatic N) is 1. The number of allylic oxidation sites excluding steroid dienone is 15. The van der Waals surface area contributed by atoms with Crippen LogP contribution in [0.3, 0.4) is 0 Å². The summed E-state index contributed by atoms with van der Waals surface area (Å²) >= 11 is 0. The number of hydrogen-bond donors (Lipinski definition) is 2. The zero-order chi connectivity index (χ0) is 57.9. The quantitative estimate of drug-likeness (QED) is 0.0205. The van der Waals surface area contributed by atoms with Crippen LogP contribution in [0, 0.1) is 0 Å². The van der Waals surface area contributed by atoms with Crippen molar-refractivity contribution in [3.8, 4) is 0 Å². The number of hydrogen-bond acceptors (Lipinski definition) is 6. The van der Waals surface area contributed by atoms with E-state index < -0.39 is 20.0 Å². The third-order valence-corrected chi connectivity index (χ3v) is 15.0. The van der Waals surface area contributed by atoms with Gasteiger partial charge in [-0.1, -0.05) is 260 Å². The molecule has 10 heteroatoms. The maximum absolute atomic E-state index is 13.6. The van der Waals surface area contributed by atoms with Gasteiger partial charge in [-0.25, -0.2) is 4.57 Å². The van der Waals surface area contributed by atoms with Crippen molar-refractivity contribution in [1.82, 2.24) is 5.32 Å². The zero-order valence-electron chi connectivity index (χ0n) is 52.1. The van der Waals surface area contributed by atoms with Crippen molar-refractivity contribution in [2.45, 2.75) is 290 Å². The summed E-state index contributed by atoms with van der Waals surface area (Å²) in [6, 6.07) is -0.876. The van der Waals surface area contributed by atoms with Gasteiger partial charge >= 0.3 is 13.8 Å². The van der Waals surface area contributed by atoms with E-state index in [0.717, 1.165) is 83.5 Å². The van der Waals surface area contributed by atoms with Crippen molar-refractivity contribution >= 4 is 19.7 Å². The first-order valence-electron chi connectivity index (χ1n) is 32.6. The third-order valence-electron chi connectivity index (χ3n) is 14.0. The summed E-state index contributed by atoms with van der Waals surface area (Å²) in [5.41, 5.74) is 0. The fourth-order valence-corrected chi connectivity index (χ4v) is 9.74. The smallest absolute Gasteiger partial charge is 0.456 e. The van der Waals surface area contributed by atoms with E-state index in [9.17, 15) is 19.0 Å². The lowest BCUT2D eigenvalue weighted by Gasteiger charge is -2.27. The molecule has 0 saturated carbocycles. The van der Waals surface area contributed by atoms with Gasteiger partial charge in [0.25, 0.3) is 0 Å². The van der Waals surface area contributed by atoms with E-state index in [4.69, 9.17) is 13.8 Å². The normalized spacial score (nSPS) is 14.3. The van der Waals surface area contributed by atoms with Crippen molar-refractivity contribution in [2.24, 2.45) is 0 Å². The van der Waals surface area contributed by atoms with Crippen molar-refractivity contribution in [2.75, 3.05) is 40.9 Å². The Kier molecular flexibility index (Phi) is 55.9. The number of nitrogens with one attached hydrogen (secondary N) is 1. The highest BCUT2D eigenvalue weighted by Crippen LogP contribution is 2.43. The molecule has 3 atom stereocenters. The van der Waals surface area contributed by atoms with E-state index in [1.165, 1.54) is 154 Å². The van der Waals surface area contributed by atoms with E-state index in [-0.39, 0.29) is 31.5 Å². The van der Waals surface area contributed by atoms with Crippen molar-refractivity contribution < 1.29 is 37.3 Å². The van der Waals surface area contributed by atoms with Crippen LogP contribution < -0.4 is 5.32 Å². The first-order chi connectivity index (χ1) is 38.4. The summed E-state index contributed by atoms with van der Waals surface area (Å²) in [6.07, 6.45) is 78.5. The molecular formula is C69H124N2O7P+. The molecule has 0 spiro atoms. The number of carbonyl (C=O) groups is 2. The maximum atomic E-state index is 13.6. The zero-order valence-corrected chi connectivity index (χ0v) is 53.0. The minimum atomic E-state index is -4.47. The molecule has 2 N–H and O–H groups in total. The largest absolute Gasteiger partial charge is 0.472 e. The number of phosphoric ester groups is 1. The highest BCUT2D eigenvalue weighted by molar-refractivity contribution is 7.47. The fraction of sp³-hybridized carbons (Fsp3) is 0.739. The number of carbonyl (C=O) groups excluding carboxylic acids is 2. The number of amides is 1. The third kappa shape index (κ3) is 59.4. The Balaban J connectivity index is 5.15. The SMILES string of the molecule is CC/C=C\C/C=C\C/C=C\C/C=C\C/C=C\CCCC(=O)OC(/C=C\CCCCCCCCCCC)C(COP(=O)(O)OCC[N+](C)(C)C)NC(=O)CCCCCCCCCCCCCCCCC/C=C\C/C=C\CCCCC. The van der Waals surface area contributed by atoms with Gasteiger partial charge in [0.05, 0.1) is 33.8 Å². The Bertz CT molecular complexity index is 1670. The highest BCUT2D eigenvalue weighted by atomic mass is 31.2. The Labute approximate surface area is 488 Å². The van der Waals surface area contributed by atoms with Crippen LogP contribution in [0.4, 0.5) is 0 Å². The van der Waals surface area contributed by atoms with Crippen LogP contribution in [0.1, 0.15) is 278 Å². The Morgan fingerprint density at radius 3 is 1.27 bits per heavy atom. The lowest BCUT2D eigenvalue weighted by atomic mass is 10.0. The van der Waals surface area contributed by atoms with Gasteiger partial charge in [0.2, 0.25) is 5.91 Å². The van der Waals surface area contributed by atoms with E-state index >= 15 is 0 Å². The molecule has 3 unspecified atom stereocenters. The average molecular weight is 1120 g/mol. The molecule has 0 aliphatic heterocycles. The molecule has 456 valence electrons. The molecule has 0 rings (SSSR count). The van der Waals surface area contributed by atoms with Gasteiger partial charge < -0.3 is 19.4 Å². The second-order valence-electron chi connectivity index (χ2n) is 22.9. The Morgan fingerprint density at radius 1 is 0.456 bits per heavy atom. The van der Waals surface area contributed by atoms with E-state index in [1.807, 2.05) is 33.3 Å². The molecule has 0 aromatic rings. The number of unbranched alkanes of at least 4 members (excludes halogenated alkanes) is 28. The van der Waals surface area contributed by atoms with Crippen LogP contribution >= 0.6 is 7.82 Å². The van der Waals surface area contributed by atoms with Gasteiger partial charge in [-0.15, -0.1) is 0 Å². The molecular weight excluding hydrogens is 1000 g/mol. The van der Waals surface area contributed by atoms with Gasteiger partial charge in [0.15, 0.2) is 0 Å². The van der Waals surface area contributed by atoms with Crippen molar-refractivity contribution in [1.29, 1.82) is 0 Å². The molecule has 9 nitrogen and oxygen atoms in total. The average Bonchev–Trinajstić information content (AvgIpc) is 3.41. The topological polar surface area (TPSA) is 111 Å². The summed E-state index contributed by atoms with van der Waals surface area (Å²) in [7, 11) is 1.46. The number of esters is 1. The van der Waals surface area contributed by atoms with Crippen LogP contribution in [-0.2, 0) is 27.9 Å². The first kappa shape index (κ1) is 75.9. The number of ether oxygens (including phenoxy) is 1. The standard InChI is InChI=1S/C69H123N2O7P/c1-7-10-13-16-19-22-25-27-29-31-32-33-34-35-36-37-38-40-41-43-46-49-52-55-58-61-68(72)70-66(65-77-79(74,75)76-64-63-71(4,5)6)67(60-57-54-51-48-45-24-21-18-15-12-9-3)78-69(73)62-59-56-53-50-47-44-42-39-30-28-26-23-20-17-14-11-8-2/h11,14,19-20,22-23,27-30,42,44,50,53,57,60,66-67H,7-10,12-13,15-18,21,24-26,31-41,43,45-49,51-52,54-56,58-59,61-65H2,1-6H3,(H-,70,72,74,75)/p+1/b14-11-,22-19-,23-20-,29-27-,30-28-,44-42-,53-50-,60-57-. The predicted molar refractivity (Wildman–Crippen MR) is 341 cm³/mol. The summed E-state index contributed by atoms with van der Waals surface area (Å²) in [5, 5.41) is 3.04. The minimum absolute atomic E-state index is 0.0280. The number of likely N-dealkylation sites (N-methyl/N-ethyl adjacent to an activating group) is 1. The summed E-state index contributed by atoms with van der Waals surface area (Å²) < 4.78 is 30.7. The van der Waals surface area contributed by atoms with E-state index in [2.05, 4.69) is 111 Å². The summed E-state index contributed by atoms with van der Waals surface area (Å²) in [6.45, 7) is 6.84. The van der Waals surface area contributed by atoms with Gasteiger partial charge in [-0.05, 0) is 102 Å². The number of rotatable bonds is 58. The van der Waals surface area contributed by atoms with Gasteiger partial charge in [0.1, 0.15) is 19.3 Å². The molecule has 0 bridgehead atoms. The monoisotopic (exact) mass is 1120 g/mol. The summed E-state index contributed by atoms with van der Waals surface area (Å²) in [5.74, 6) is -0.573. The van der Waals surface area contributed by atoms with Crippen LogP contribution in [0.25, 0.3) is 0 Å². The van der Waals surface area contributed by atoms with Gasteiger partial charge in [-0.2, -0.15) is 0 Å². The lowest BCUT2D eigenvalue weighted by molar-refractivity contribution is -0.870. The van der Waals surface area contributed by atoms with Gasteiger partial charge in [0, 0.05) is 12.8 Å². The molecule has 0 aromatic carbocycles. The van der Waals surface area contributed by atoms with Gasteiger partial charge in [-0.3, -0.25) is 18.6 Å². The molecule has 0 heterocycles.